The Bertz CT molecular complexity index is 785. The number of aromatic amines is 1. The van der Waals surface area contributed by atoms with E-state index in [1.165, 1.54) is 5.56 Å². The maximum atomic E-state index is 12.1. The molecule has 1 aromatic heterocycles. The second kappa shape index (κ2) is 4.87. The number of fused-ring (bicyclic) bond motifs is 1. The smallest absolute Gasteiger partial charge is 0.319 e. The molecule has 1 aliphatic rings. The lowest BCUT2D eigenvalue weighted by molar-refractivity contribution is -0.149. The molecule has 0 saturated heterocycles. The molecule has 1 saturated carbocycles. The van der Waals surface area contributed by atoms with Crippen LogP contribution in [0.3, 0.4) is 0 Å². The van der Waals surface area contributed by atoms with E-state index in [0.717, 1.165) is 27.7 Å². The average molecular weight is 300 g/mol. The van der Waals surface area contributed by atoms with E-state index in [4.69, 9.17) is 5.11 Å². The molecule has 1 aromatic carbocycles. The van der Waals surface area contributed by atoms with Gasteiger partial charge in [-0.15, -0.1) is 0 Å². The second-order valence-electron chi connectivity index (χ2n) is 6.29. The number of nitrogens with one attached hydrogen (secondary N) is 2. The Morgan fingerprint density at radius 2 is 1.95 bits per heavy atom. The molecule has 22 heavy (non-hydrogen) atoms. The molecule has 5 nitrogen and oxygen atoms in total. The van der Waals surface area contributed by atoms with Gasteiger partial charge >= 0.3 is 5.97 Å². The van der Waals surface area contributed by atoms with Gasteiger partial charge in [-0.2, -0.15) is 0 Å². The van der Waals surface area contributed by atoms with Crippen LogP contribution in [0.5, 0.6) is 0 Å². The Hall–Kier alpha value is -2.30. The first-order valence-electron chi connectivity index (χ1n) is 7.45. The van der Waals surface area contributed by atoms with E-state index >= 15 is 0 Å². The zero-order chi connectivity index (χ0) is 16.1. The molecule has 1 amide bonds. The molecule has 5 heteroatoms. The fraction of sp³-hybridized carbons (Fsp3) is 0.412. The van der Waals surface area contributed by atoms with E-state index in [-0.39, 0.29) is 5.91 Å². The third-order valence-corrected chi connectivity index (χ3v) is 4.68. The summed E-state index contributed by atoms with van der Waals surface area (Å²) in [5.41, 5.74) is 4.25. The lowest BCUT2D eigenvalue weighted by atomic mass is 10.0. The van der Waals surface area contributed by atoms with Gasteiger partial charge < -0.3 is 15.4 Å². The molecule has 3 N–H and O–H groups in total. The maximum absolute atomic E-state index is 12.1. The number of carbonyl (C=O) groups is 2. The van der Waals surface area contributed by atoms with Gasteiger partial charge in [-0.25, -0.2) is 0 Å². The number of carboxylic acid groups (broad SMARTS) is 1. The van der Waals surface area contributed by atoms with Crippen LogP contribution in [0.15, 0.2) is 12.1 Å². The second-order valence-corrected chi connectivity index (χ2v) is 6.29. The van der Waals surface area contributed by atoms with Crippen LogP contribution in [0, 0.1) is 26.2 Å². The van der Waals surface area contributed by atoms with Crippen LogP contribution >= 0.6 is 0 Å². The van der Waals surface area contributed by atoms with Crippen molar-refractivity contribution in [1.82, 2.24) is 10.3 Å². The lowest BCUT2D eigenvalue weighted by Gasteiger charge is -2.12. The normalized spacial score (nSPS) is 15.8. The fourth-order valence-electron chi connectivity index (χ4n) is 2.94. The van der Waals surface area contributed by atoms with Crippen molar-refractivity contribution in [2.45, 2.75) is 40.2 Å². The predicted octanol–water partition coefficient (Wildman–Crippen LogP) is 2.57. The third kappa shape index (κ3) is 2.17. The Morgan fingerprint density at radius 1 is 1.27 bits per heavy atom. The summed E-state index contributed by atoms with van der Waals surface area (Å²) >= 11 is 0. The van der Waals surface area contributed by atoms with E-state index in [2.05, 4.69) is 23.3 Å². The van der Waals surface area contributed by atoms with Gasteiger partial charge in [0.15, 0.2) is 0 Å². The van der Waals surface area contributed by atoms with Crippen molar-refractivity contribution in [3.8, 4) is 0 Å². The quantitative estimate of drug-likeness (QED) is 0.759. The summed E-state index contributed by atoms with van der Waals surface area (Å²) in [4.78, 5) is 26.7. The van der Waals surface area contributed by atoms with E-state index in [1.54, 1.807) is 0 Å². The first-order valence-corrected chi connectivity index (χ1v) is 7.45. The number of carboxylic acids is 1. The minimum absolute atomic E-state index is 0.339. The van der Waals surface area contributed by atoms with Crippen molar-refractivity contribution in [3.63, 3.8) is 0 Å². The Morgan fingerprint density at radius 3 is 2.55 bits per heavy atom. The molecule has 116 valence electrons. The Labute approximate surface area is 128 Å². The highest BCUT2D eigenvalue weighted by Gasteiger charge is 2.56. The SMILES string of the molecule is Cc1cc(CNC(=O)C2(C(=O)O)CC2)c2[nH]c(C)c(C)c2c1. The molecule has 3 rings (SSSR count). The predicted molar refractivity (Wildman–Crippen MR) is 83.7 cm³/mol. The number of aromatic nitrogens is 1. The van der Waals surface area contributed by atoms with Gasteiger partial charge in [-0.05, 0) is 50.8 Å². The molecule has 1 heterocycles. The molecule has 0 unspecified atom stereocenters. The first kappa shape index (κ1) is 14.6. The van der Waals surface area contributed by atoms with Crippen molar-refractivity contribution >= 4 is 22.8 Å². The van der Waals surface area contributed by atoms with Gasteiger partial charge in [0.05, 0.1) is 5.52 Å². The highest BCUT2D eigenvalue weighted by atomic mass is 16.4. The average Bonchev–Trinajstić information content (AvgIpc) is 3.22. The summed E-state index contributed by atoms with van der Waals surface area (Å²) in [5, 5.41) is 13.1. The van der Waals surface area contributed by atoms with Gasteiger partial charge in [0.25, 0.3) is 0 Å². The zero-order valence-electron chi connectivity index (χ0n) is 13.0. The molecule has 0 spiro atoms. The van der Waals surface area contributed by atoms with Crippen molar-refractivity contribution < 1.29 is 14.7 Å². The van der Waals surface area contributed by atoms with E-state index in [1.807, 2.05) is 19.9 Å². The number of H-pyrrole nitrogens is 1. The van der Waals surface area contributed by atoms with Crippen LogP contribution in [-0.2, 0) is 16.1 Å². The highest BCUT2D eigenvalue weighted by molar-refractivity contribution is 6.04. The summed E-state index contributed by atoms with van der Waals surface area (Å²) in [6.07, 6.45) is 0.857. The summed E-state index contributed by atoms with van der Waals surface area (Å²) in [5.74, 6) is -1.40. The van der Waals surface area contributed by atoms with E-state index < -0.39 is 11.4 Å². The molecule has 0 aliphatic heterocycles. The molecule has 1 aliphatic carbocycles. The number of hydrogen-bond donors (Lipinski definition) is 3. The number of carbonyl (C=O) groups excluding carboxylic acids is 1. The molecule has 0 atom stereocenters. The van der Waals surface area contributed by atoms with E-state index in [0.29, 0.717) is 19.4 Å². The topological polar surface area (TPSA) is 82.2 Å². The summed E-state index contributed by atoms with van der Waals surface area (Å²) < 4.78 is 0. The maximum Gasteiger partial charge on any atom is 0.319 e. The molecule has 2 aromatic rings. The highest BCUT2D eigenvalue weighted by Crippen LogP contribution is 2.46. The minimum Gasteiger partial charge on any atom is -0.480 e. The minimum atomic E-state index is -1.19. The standard InChI is InChI=1S/C17H20N2O3/c1-9-6-12(14-13(7-9)10(2)11(3)19-14)8-18-15(20)17(4-5-17)16(21)22/h6-7,19H,4-5,8H2,1-3H3,(H,18,20)(H,21,22). The number of hydrogen-bond acceptors (Lipinski definition) is 2. The van der Waals surface area contributed by atoms with Gasteiger partial charge in [0.2, 0.25) is 5.91 Å². The molecular formula is C17H20N2O3. The molecule has 1 fully saturated rings. The van der Waals surface area contributed by atoms with Crippen molar-refractivity contribution in [2.24, 2.45) is 5.41 Å². The lowest BCUT2D eigenvalue weighted by Crippen LogP contribution is -2.36. The van der Waals surface area contributed by atoms with Gasteiger partial charge in [-0.3, -0.25) is 9.59 Å². The first-order chi connectivity index (χ1) is 10.3. The number of rotatable bonds is 4. The van der Waals surface area contributed by atoms with Gasteiger partial charge in [0.1, 0.15) is 5.41 Å². The Balaban J connectivity index is 1.87. The molecular weight excluding hydrogens is 280 g/mol. The van der Waals surface area contributed by atoms with Crippen LogP contribution in [0.25, 0.3) is 10.9 Å². The van der Waals surface area contributed by atoms with E-state index in [9.17, 15) is 9.59 Å². The van der Waals surface area contributed by atoms with Crippen molar-refractivity contribution in [2.75, 3.05) is 0 Å². The van der Waals surface area contributed by atoms with Gasteiger partial charge in [-0.1, -0.05) is 11.6 Å². The van der Waals surface area contributed by atoms with Crippen LogP contribution < -0.4 is 5.32 Å². The van der Waals surface area contributed by atoms with Crippen molar-refractivity contribution in [1.29, 1.82) is 0 Å². The number of aryl methyl sites for hydroxylation is 3. The summed E-state index contributed by atoms with van der Waals surface area (Å²) in [7, 11) is 0. The largest absolute Gasteiger partial charge is 0.480 e. The molecule has 0 radical (unpaired) electrons. The third-order valence-electron chi connectivity index (χ3n) is 4.68. The van der Waals surface area contributed by atoms with Crippen LogP contribution in [0.4, 0.5) is 0 Å². The zero-order valence-corrected chi connectivity index (χ0v) is 13.0. The van der Waals surface area contributed by atoms with Gasteiger partial charge in [0, 0.05) is 17.6 Å². The fourth-order valence-corrected chi connectivity index (χ4v) is 2.94. The summed E-state index contributed by atoms with van der Waals surface area (Å²) in [6.45, 7) is 6.45. The monoisotopic (exact) mass is 300 g/mol. The summed E-state index contributed by atoms with van der Waals surface area (Å²) in [6, 6.07) is 4.15. The Kier molecular flexibility index (Phi) is 3.24. The number of benzene rings is 1. The van der Waals surface area contributed by atoms with Crippen molar-refractivity contribution in [3.05, 3.63) is 34.5 Å². The number of aliphatic carboxylic acids is 1. The van der Waals surface area contributed by atoms with Crippen LogP contribution in [-0.4, -0.2) is 22.0 Å². The van der Waals surface area contributed by atoms with Crippen LogP contribution in [0.2, 0.25) is 0 Å². The number of amides is 1. The van der Waals surface area contributed by atoms with Crippen LogP contribution in [0.1, 0.15) is 35.2 Å². The molecule has 0 bridgehead atoms.